The van der Waals surface area contributed by atoms with Crippen molar-refractivity contribution in [2.24, 2.45) is 10.8 Å². The van der Waals surface area contributed by atoms with Crippen molar-refractivity contribution in [3.8, 4) is 0 Å². The molecule has 5 heteroatoms. The lowest BCUT2D eigenvalue weighted by molar-refractivity contribution is 0.0691. The molecule has 1 heterocycles. The van der Waals surface area contributed by atoms with Gasteiger partial charge in [0.1, 0.15) is 0 Å². The van der Waals surface area contributed by atoms with Crippen LogP contribution in [0.2, 0.25) is 0 Å². The molecule has 0 saturated heterocycles. The Kier molecular flexibility index (Phi) is 2.28. The highest BCUT2D eigenvalue weighted by molar-refractivity contribution is 7.13. The molecule has 0 bridgehead atoms. The zero-order valence-corrected chi connectivity index (χ0v) is 10.7. The van der Waals surface area contributed by atoms with E-state index >= 15 is 0 Å². The summed E-state index contributed by atoms with van der Waals surface area (Å²) in [5.41, 5.74) is 0.563. The molecule has 1 aromatic rings. The van der Waals surface area contributed by atoms with Gasteiger partial charge in [0.15, 0.2) is 10.8 Å². The number of hydrogen-bond acceptors (Lipinski definition) is 4. The molecule has 1 aliphatic rings. The van der Waals surface area contributed by atoms with Crippen molar-refractivity contribution in [3.05, 3.63) is 11.1 Å². The predicted molar refractivity (Wildman–Crippen MR) is 64.0 cm³/mol. The zero-order valence-electron chi connectivity index (χ0n) is 9.87. The van der Waals surface area contributed by atoms with Gasteiger partial charge in [0, 0.05) is 11.4 Å². The lowest BCUT2D eigenvalue weighted by atomic mass is 10.0. The van der Waals surface area contributed by atoms with Crippen LogP contribution in [0.25, 0.3) is 0 Å². The monoisotopic (exact) mass is 240 g/mol. The van der Waals surface area contributed by atoms with Crippen molar-refractivity contribution < 1.29 is 9.90 Å². The number of thiazole rings is 1. The van der Waals surface area contributed by atoms with Crippen LogP contribution in [-0.4, -0.2) is 22.1 Å². The zero-order chi connectivity index (χ0) is 12.1. The summed E-state index contributed by atoms with van der Waals surface area (Å²) in [6.07, 6.45) is 0. The van der Waals surface area contributed by atoms with Gasteiger partial charge in [0.2, 0.25) is 0 Å². The van der Waals surface area contributed by atoms with Crippen LogP contribution in [-0.2, 0) is 0 Å². The largest absolute Gasteiger partial charge is 0.476 e. The second kappa shape index (κ2) is 3.20. The van der Waals surface area contributed by atoms with E-state index in [1.54, 1.807) is 5.38 Å². The normalized spacial score (nSPS) is 21.8. The van der Waals surface area contributed by atoms with Crippen LogP contribution in [0.1, 0.15) is 38.2 Å². The Hall–Kier alpha value is -1.10. The molecule has 0 aromatic carbocycles. The minimum Gasteiger partial charge on any atom is -0.476 e. The number of hydrogen-bond donors (Lipinski definition) is 2. The van der Waals surface area contributed by atoms with Gasteiger partial charge in [-0.1, -0.05) is 27.7 Å². The van der Waals surface area contributed by atoms with E-state index in [1.165, 1.54) is 11.3 Å². The summed E-state index contributed by atoms with van der Waals surface area (Å²) in [6.45, 7) is 8.82. The van der Waals surface area contributed by atoms with E-state index in [1.807, 2.05) is 0 Å². The quantitative estimate of drug-likeness (QED) is 0.852. The molecule has 0 radical (unpaired) electrons. The average molecular weight is 240 g/mol. The maximum Gasteiger partial charge on any atom is 0.355 e. The second-order valence-electron chi connectivity index (χ2n) is 5.36. The number of carboxylic acid groups (broad SMARTS) is 1. The molecular weight excluding hydrogens is 224 g/mol. The topological polar surface area (TPSA) is 62.2 Å². The predicted octanol–water partition coefficient (Wildman–Crippen LogP) is 2.69. The summed E-state index contributed by atoms with van der Waals surface area (Å²) < 4.78 is 0. The van der Waals surface area contributed by atoms with Crippen LogP contribution in [0.15, 0.2) is 5.38 Å². The molecule has 1 aromatic heterocycles. The highest BCUT2D eigenvalue weighted by Gasteiger charge is 2.65. The smallest absolute Gasteiger partial charge is 0.355 e. The van der Waals surface area contributed by atoms with E-state index in [0.717, 1.165) is 0 Å². The lowest BCUT2D eigenvalue weighted by Crippen LogP contribution is -2.10. The van der Waals surface area contributed by atoms with E-state index in [4.69, 9.17) is 5.11 Å². The average Bonchev–Trinajstić information content (AvgIpc) is 2.60. The van der Waals surface area contributed by atoms with Crippen LogP contribution in [0.3, 0.4) is 0 Å². The Morgan fingerprint density at radius 2 is 2.00 bits per heavy atom. The summed E-state index contributed by atoms with van der Waals surface area (Å²) >= 11 is 1.34. The highest BCUT2D eigenvalue weighted by Crippen LogP contribution is 2.63. The van der Waals surface area contributed by atoms with E-state index < -0.39 is 5.97 Å². The van der Waals surface area contributed by atoms with Gasteiger partial charge in [0.05, 0.1) is 0 Å². The van der Waals surface area contributed by atoms with Gasteiger partial charge in [0.25, 0.3) is 0 Å². The molecule has 16 heavy (non-hydrogen) atoms. The third-order valence-corrected chi connectivity index (χ3v) is 4.79. The van der Waals surface area contributed by atoms with Gasteiger partial charge >= 0.3 is 5.97 Å². The number of rotatable bonds is 3. The Bertz CT molecular complexity index is 423. The maximum absolute atomic E-state index is 10.7. The van der Waals surface area contributed by atoms with Crippen LogP contribution in [0.4, 0.5) is 5.13 Å². The first-order valence-electron chi connectivity index (χ1n) is 5.22. The Balaban J connectivity index is 2.09. The third-order valence-electron chi connectivity index (χ3n) is 4.01. The molecule has 2 rings (SSSR count). The van der Waals surface area contributed by atoms with Crippen molar-refractivity contribution in [1.82, 2.24) is 4.98 Å². The first-order valence-corrected chi connectivity index (χ1v) is 6.10. The van der Waals surface area contributed by atoms with Crippen molar-refractivity contribution in [2.45, 2.75) is 33.7 Å². The third kappa shape index (κ3) is 1.50. The Morgan fingerprint density at radius 3 is 2.38 bits per heavy atom. The SMILES string of the molecule is CC1(C)C(Nc2nc(C(=O)O)cs2)C1(C)C. The molecule has 0 atom stereocenters. The van der Waals surface area contributed by atoms with Crippen LogP contribution < -0.4 is 5.32 Å². The van der Waals surface area contributed by atoms with Crippen molar-refractivity contribution >= 4 is 22.4 Å². The second-order valence-corrected chi connectivity index (χ2v) is 6.22. The minimum absolute atomic E-state index is 0.115. The molecule has 4 nitrogen and oxygen atoms in total. The summed E-state index contributed by atoms with van der Waals surface area (Å²) in [7, 11) is 0. The number of carbonyl (C=O) groups is 1. The molecule has 2 N–H and O–H groups in total. The minimum atomic E-state index is -0.974. The number of anilines is 1. The fourth-order valence-corrected chi connectivity index (χ4v) is 2.83. The number of nitrogens with one attached hydrogen (secondary N) is 1. The van der Waals surface area contributed by atoms with E-state index in [9.17, 15) is 4.79 Å². The van der Waals surface area contributed by atoms with E-state index in [0.29, 0.717) is 11.2 Å². The van der Waals surface area contributed by atoms with Crippen LogP contribution in [0.5, 0.6) is 0 Å². The number of nitrogens with zero attached hydrogens (tertiary/aromatic N) is 1. The van der Waals surface area contributed by atoms with Crippen molar-refractivity contribution in [3.63, 3.8) is 0 Å². The Morgan fingerprint density at radius 1 is 1.44 bits per heavy atom. The molecule has 0 aliphatic heterocycles. The van der Waals surface area contributed by atoms with Gasteiger partial charge in [-0.25, -0.2) is 9.78 Å². The maximum atomic E-state index is 10.7. The first-order chi connectivity index (χ1) is 7.26. The van der Waals surface area contributed by atoms with Crippen LogP contribution >= 0.6 is 11.3 Å². The summed E-state index contributed by atoms with van der Waals surface area (Å²) in [6, 6.07) is 0.354. The molecule has 1 fully saturated rings. The number of carboxylic acids is 1. The lowest BCUT2D eigenvalue weighted by Gasteiger charge is -2.02. The molecule has 0 amide bonds. The molecule has 88 valence electrons. The van der Waals surface area contributed by atoms with Crippen molar-refractivity contribution in [1.29, 1.82) is 0 Å². The highest BCUT2D eigenvalue weighted by atomic mass is 32.1. The summed E-state index contributed by atoms with van der Waals surface area (Å²) in [5.74, 6) is -0.974. The standard InChI is InChI=1S/C11H16N2O2S/c1-10(2)8(11(10,3)4)13-9-12-6(5-16-9)7(14)15/h5,8H,1-4H3,(H,12,13)(H,14,15). The van der Waals surface area contributed by atoms with Gasteiger partial charge in [-0.15, -0.1) is 11.3 Å². The van der Waals surface area contributed by atoms with Gasteiger partial charge in [-0.05, 0) is 10.8 Å². The Labute approximate surface area is 98.7 Å². The van der Waals surface area contributed by atoms with Crippen LogP contribution in [0, 0.1) is 10.8 Å². The van der Waals surface area contributed by atoms with E-state index in [-0.39, 0.29) is 16.5 Å². The fraction of sp³-hybridized carbons (Fsp3) is 0.636. The number of aromatic nitrogens is 1. The van der Waals surface area contributed by atoms with Crippen molar-refractivity contribution in [2.75, 3.05) is 5.32 Å². The summed E-state index contributed by atoms with van der Waals surface area (Å²) in [4.78, 5) is 14.7. The fourth-order valence-electron chi connectivity index (χ4n) is 2.12. The van der Waals surface area contributed by atoms with Gasteiger partial charge in [-0.2, -0.15) is 0 Å². The summed E-state index contributed by atoms with van der Waals surface area (Å²) in [5, 5.41) is 14.3. The molecule has 1 aliphatic carbocycles. The van der Waals surface area contributed by atoms with Gasteiger partial charge in [-0.3, -0.25) is 0 Å². The molecule has 0 spiro atoms. The molecular formula is C11H16N2O2S. The van der Waals surface area contributed by atoms with E-state index in [2.05, 4.69) is 38.0 Å². The molecule has 0 unspecified atom stereocenters. The molecule has 1 saturated carbocycles. The number of aromatic carboxylic acids is 1. The van der Waals surface area contributed by atoms with Gasteiger partial charge < -0.3 is 10.4 Å². The first kappa shape index (κ1) is 11.4.